The second-order valence-electron chi connectivity index (χ2n) is 1.76. The van der Waals surface area contributed by atoms with Crippen molar-refractivity contribution in [3.8, 4) is 0 Å². The molecule has 1 aliphatic heterocycles. The van der Waals surface area contributed by atoms with Crippen molar-refractivity contribution in [2.75, 3.05) is 13.1 Å². The Morgan fingerprint density at radius 3 is 2.00 bits per heavy atom. The van der Waals surface area contributed by atoms with Crippen LogP contribution in [-0.4, -0.2) is 26.8 Å². The topological polar surface area (TPSA) is 46.2 Å². The Bertz CT molecular complexity index is 172. The number of hydrogen-bond donors (Lipinski definition) is 1. The third kappa shape index (κ3) is 0.976. The van der Waals surface area contributed by atoms with Gasteiger partial charge in [0.2, 0.25) is 0 Å². The molecular weight excluding hydrogens is 133 g/mol. The summed E-state index contributed by atoms with van der Waals surface area (Å²) in [6.07, 6.45) is 0. The second kappa shape index (κ2) is 1.66. The van der Waals surface area contributed by atoms with Crippen molar-refractivity contribution in [3.63, 3.8) is 0 Å². The molecule has 1 fully saturated rings. The number of halogens is 1. The van der Waals surface area contributed by atoms with Crippen LogP contribution in [0.15, 0.2) is 0 Å². The van der Waals surface area contributed by atoms with Gasteiger partial charge in [-0.05, 0) is 0 Å². The largest absolute Gasteiger partial charge is 0.314 e. The Morgan fingerprint density at radius 1 is 1.50 bits per heavy atom. The van der Waals surface area contributed by atoms with E-state index in [1.54, 1.807) is 0 Å². The predicted octanol–water partition coefficient (Wildman–Crippen LogP) is -0.742. The van der Waals surface area contributed by atoms with Gasteiger partial charge in [-0.25, -0.2) is 0 Å². The van der Waals surface area contributed by atoms with Crippen molar-refractivity contribution < 1.29 is 12.3 Å². The van der Waals surface area contributed by atoms with E-state index in [0.29, 0.717) is 0 Å². The molecule has 0 saturated carbocycles. The normalized spacial score (nSPS) is 22.6. The van der Waals surface area contributed by atoms with Gasteiger partial charge in [-0.3, -0.25) is 0 Å². The first kappa shape index (κ1) is 5.97. The van der Waals surface area contributed by atoms with Gasteiger partial charge < -0.3 is 5.32 Å². The van der Waals surface area contributed by atoms with Crippen molar-refractivity contribution in [1.29, 1.82) is 0 Å². The van der Waals surface area contributed by atoms with Crippen LogP contribution in [0.5, 0.6) is 0 Å². The summed E-state index contributed by atoms with van der Waals surface area (Å²) in [7, 11) is -4.23. The van der Waals surface area contributed by atoms with E-state index < -0.39 is 15.5 Å². The first-order valence-corrected chi connectivity index (χ1v) is 3.69. The predicted molar refractivity (Wildman–Crippen MR) is 26.7 cm³/mol. The van der Waals surface area contributed by atoms with Gasteiger partial charge in [0.15, 0.2) is 0 Å². The molecule has 0 spiro atoms. The first-order valence-electron chi connectivity index (χ1n) is 2.25. The molecule has 0 unspecified atom stereocenters. The highest BCUT2D eigenvalue weighted by atomic mass is 32.3. The van der Waals surface area contributed by atoms with E-state index in [0.717, 1.165) is 0 Å². The lowest BCUT2D eigenvalue weighted by atomic mass is 10.3. The zero-order chi connectivity index (χ0) is 6.20. The molecule has 1 aliphatic rings. The molecule has 1 N–H and O–H groups in total. The van der Waals surface area contributed by atoms with Gasteiger partial charge in [-0.15, -0.1) is 3.89 Å². The molecule has 0 atom stereocenters. The molecular formula is C3H6FNO2S. The van der Waals surface area contributed by atoms with Crippen LogP contribution >= 0.6 is 0 Å². The van der Waals surface area contributed by atoms with Crippen molar-refractivity contribution in [1.82, 2.24) is 5.32 Å². The van der Waals surface area contributed by atoms with Crippen molar-refractivity contribution in [2.45, 2.75) is 5.25 Å². The summed E-state index contributed by atoms with van der Waals surface area (Å²) in [6.45, 7) is 0.525. The summed E-state index contributed by atoms with van der Waals surface area (Å²) in [5.41, 5.74) is 0. The van der Waals surface area contributed by atoms with Gasteiger partial charge in [0.05, 0.1) is 0 Å². The summed E-state index contributed by atoms with van der Waals surface area (Å²) >= 11 is 0. The number of rotatable bonds is 1. The van der Waals surface area contributed by atoms with E-state index in [1.165, 1.54) is 0 Å². The van der Waals surface area contributed by atoms with Crippen LogP contribution in [0, 0.1) is 0 Å². The molecule has 5 heteroatoms. The maximum Gasteiger partial charge on any atom is 0.307 e. The lowest BCUT2D eigenvalue weighted by Crippen LogP contribution is -2.50. The lowest BCUT2D eigenvalue weighted by Gasteiger charge is -2.22. The fourth-order valence-electron chi connectivity index (χ4n) is 0.461. The van der Waals surface area contributed by atoms with E-state index in [4.69, 9.17) is 0 Å². The smallest absolute Gasteiger partial charge is 0.307 e. The van der Waals surface area contributed by atoms with E-state index in [9.17, 15) is 12.3 Å². The van der Waals surface area contributed by atoms with Crippen molar-refractivity contribution in [2.24, 2.45) is 0 Å². The SMILES string of the molecule is O=S(=O)(F)C1CNC1. The third-order valence-corrected chi connectivity index (χ3v) is 2.27. The summed E-state index contributed by atoms with van der Waals surface area (Å²) in [6, 6.07) is 0. The van der Waals surface area contributed by atoms with Crippen LogP contribution < -0.4 is 5.32 Å². The highest BCUT2D eigenvalue weighted by molar-refractivity contribution is 7.87. The summed E-state index contributed by atoms with van der Waals surface area (Å²) in [5, 5.41) is 1.87. The summed E-state index contributed by atoms with van der Waals surface area (Å²) in [5.74, 6) is 0. The fraction of sp³-hybridized carbons (Fsp3) is 1.00. The summed E-state index contributed by atoms with van der Waals surface area (Å²) in [4.78, 5) is 0. The highest BCUT2D eigenvalue weighted by Crippen LogP contribution is 2.06. The van der Waals surface area contributed by atoms with Gasteiger partial charge >= 0.3 is 10.2 Å². The van der Waals surface area contributed by atoms with E-state index >= 15 is 0 Å². The van der Waals surface area contributed by atoms with Crippen LogP contribution in [0.2, 0.25) is 0 Å². The quantitative estimate of drug-likeness (QED) is 0.486. The molecule has 0 aromatic heterocycles. The third-order valence-electron chi connectivity index (χ3n) is 1.14. The zero-order valence-electron chi connectivity index (χ0n) is 4.09. The van der Waals surface area contributed by atoms with Crippen LogP contribution in [0.4, 0.5) is 3.89 Å². The minimum absolute atomic E-state index is 0.263. The molecule has 0 aromatic carbocycles. The molecule has 1 saturated heterocycles. The number of nitrogens with one attached hydrogen (secondary N) is 1. The van der Waals surface area contributed by atoms with Crippen LogP contribution in [0.3, 0.4) is 0 Å². The van der Waals surface area contributed by atoms with Gasteiger partial charge in [0, 0.05) is 13.1 Å². The second-order valence-corrected chi connectivity index (χ2v) is 3.37. The first-order chi connectivity index (χ1) is 3.61. The Hall–Kier alpha value is -0.160. The maximum absolute atomic E-state index is 11.8. The zero-order valence-corrected chi connectivity index (χ0v) is 4.91. The molecule has 0 amide bonds. The average molecular weight is 139 g/mol. The minimum atomic E-state index is -4.23. The molecule has 8 heavy (non-hydrogen) atoms. The Kier molecular flexibility index (Phi) is 1.24. The molecule has 1 rings (SSSR count). The molecule has 1 heterocycles. The van der Waals surface area contributed by atoms with Crippen LogP contribution in [-0.2, 0) is 10.2 Å². The Balaban J connectivity index is 2.60. The fourth-order valence-corrected chi connectivity index (χ4v) is 1.10. The molecule has 0 radical (unpaired) electrons. The summed E-state index contributed by atoms with van der Waals surface area (Å²) < 4.78 is 31.6. The number of hydrogen-bond acceptors (Lipinski definition) is 3. The molecule has 0 bridgehead atoms. The lowest BCUT2D eigenvalue weighted by molar-refractivity contribution is 0.468. The van der Waals surface area contributed by atoms with Crippen molar-refractivity contribution in [3.05, 3.63) is 0 Å². The standard InChI is InChI=1S/C3H6FNO2S/c4-8(6,7)3-1-5-2-3/h3,5H,1-2H2. The molecule has 0 aliphatic carbocycles. The van der Waals surface area contributed by atoms with E-state index in [2.05, 4.69) is 5.32 Å². The molecule has 0 aromatic rings. The van der Waals surface area contributed by atoms with Gasteiger partial charge in [0.25, 0.3) is 0 Å². The van der Waals surface area contributed by atoms with Gasteiger partial charge in [-0.2, -0.15) is 8.42 Å². The van der Waals surface area contributed by atoms with Crippen molar-refractivity contribution >= 4 is 10.2 Å². The van der Waals surface area contributed by atoms with E-state index in [1.807, 2.05) is 0 Å². The van der Waals surface area contributed by atoms with Crippen LogP contribution in [0.25, 0.3) is 0 Å². The molecule has 48 valence electrons. The highest BCUT2D eigenvalue weighted by Gasteiger charge is 2.30. The van der Waals surface area contributed by atoms with E-state index in [-0.39, 0.29) is 13.1 Å². The van der Waals surface area contributed by atoms with Gasteiger partial charge in [-0.1, -0.05) is 0 Å². The monoisotopic (exact) mass is 139 g/mol. The van der Waals surface area contributed by atoms with Crippen LogP contribution in [0.1, 0.15) is 0 Å². The minimum Gasteiger partial charge on any atom is -0.314 e. The Labute approximate surface area is 47.1 Å². The van der Waals surface area contributed by atoms with Gasteiger partial charge in [0.1, 0.15) is 5.25 Å². The average Bonchev–Trinajstić information content (AvgIpc) is 1.16. The molecule has 3 nitrogen and oxygen atoms in total. The Morgan fingerprint density at radius 2 is 2.00 bits per heavy atom. The maximum atomic E-state index is 11.8.